The summed E-state index contributed by atoms with van der Waals surface area (Å²) in [6.07, 6.45) is 0.0498. The third-order valence-corrected chi connectivity index (χ3v) is 3.00. The van der Waals surface area contributed by atoms with Gasteiger partial charge in [0.25, 0.3) is 0 Å². The maximum absolute atomic E-state index is 11.9. The fourth-order valence-electron chi connectivity index (χ4n) is 1.93. The van der Waals surface area contributed by atoms with E-state index in [9.17, 15) is 14.7 Å². The minimum absolute atomic E-state index is 0.0498. The quantitative estimate of drug-likeness (QED) is 0.805. The molecule has 2 aromatic carbocycles. The molecule has 0 fully saturated rings. The number of nitrogens with one attached hydrogen (secondary N) is 1. The van der Waals surface area contributed by atoms with E-state index < -0.39 is 5.97 Å². The third kappa shape index (κ3) is 3.82. The maximum atomic E-state index is 11.9. The van der Waals surface area contributed by atoms with Gasteiger partial charge in [-0.25, -0.2) is 4.79 Å². The summed E-state index contributed by atoms with van der Waals surface area (Å²) in [4.78, 5) is 22.7. The zero-order valence-corrected chi connectivity index (χ0v) is 11.5. The monoisotopic (exact) mass is 285 g/mol. The predicted molar refractivity (Wildman–Crippen MR) is 78.6 cm³/mol. The highest BCUT2D eigenvalue weighted by atomic mass is 16.4. The van der Waals surface area contributed by atoms with Gasteiger partial charge < -0.3 is 15.5 Å². The van der Waals surface area contributed by atoms with Crippen LogP contribution in [0.1, 0.15) is 21.5 Å². The second-order valence-corrected chi connectivity index (χ2v) is 4.74. The van der Waals surface area contributed by atoms with Crippen molar-refractivity contribution in [2.45, 2.75) is 13.3 Å². The van der Waals surface area contributed by atoms with Crippen LogP contribution in [0.25, 0.3) is 0 Å². The Labute approximate surface area is 121 Å². The number of anilines is 1. The van der Waals surface area contributed by atoms with E-state index in [1.807, 2.05) is 6.92 Å². The number of aryl methyl sites for hydroxylation is 1. The molecule has 108 valence electrons. The summed E-state index contributed by atoms with van der Waals surface area (Å²) in [5, 5.41) is 21.2. The minimum atomic E-state index is -1.02. The molecule has 5 heteroatoms. The van der Waals surface area contributed by atoms with Gasteiger partial charge in [-0.15, -0.1) is 0 Å². The normalized spacial score (nSPS) is 10.1. The van der Waals surface area contributed by atoms with E-state index in [2.05, 4.69) is 5.32 Å². The SMILES string of the molecule is Cc1ccc(O)c(CC(=O)Nc2ccc(C(=O)O)cc2)c1. The number of carboxylic acid groups (broad SMARTS) is 1. The van der Waals surface area contributed by atoms with E-state index in [-0.39, 0.29) is 23.6 Å². The molecule has 2 rings (SSSR count). The van der Waals surface area contributed by atoms with Gasteiger partial charge in [0.1, 0.15) is 5.75 Å². The van der Waals surface area contributed by atoms with Crippen LogP contribution in [0.4, 0.5) is 5.69 Å². The number of aromatic hydroxyl groups is 1. The molecule has 2 aromatic rings. The van der Waals surface area contributed by atoms with E-state index in [4.69, 9.17) is 5.11 Å². The molecule has 0 bridgehead atoms. The zero-order chi connectivity index (χ0) is 15.4. The van der Waals surface area contributed by atoms with Crippen molar-refractivity contribution in [2.24, 2.45) is 0 Å². The molecule has 1 amide bonds. The van der Waals surface area contributed by atoms with E-state index in [1.165, 1.54) is 24.3 Å². The van der Waals surface area contributed by atoms with Crippen molar-refractivity contribution in [3.63, 3.8) is 0 Å². The maximum Gasteiger partial charge on any atom is 0.335 e. The van der Waals surface area contributed by atoms with Crippen molar-refractivity contribution in [1.82, 2.24) is 0 Å². The molecule has 0 aliphatic carbocycles. The summed E-state index contributed by atoms with van der Waals surface area (Å²) in [6, 6.07) is 11.0. The van der Waals surface area contributed by atoms with E-state index in [0.29, 0.717) is 11.3 Å². The summed E-state index contributed by atoms with van der Waals surface area (Å²) in [5.41, 5.74) is 2.18. The fourth-order valence-corrected chi connectivity index (χ4v) is 1.93. The smallest absolute Gasteiger partial charge is 0.335 e. The molecule has 3 N–H and O–H groups in total. The minimum Gasteiger partial charge on any atom is -0.508 e. The van der Waals surface area contributed by atoms with Crippen LogP contribution in [-0.2, 0) is 11.2 Å². The van der Waals surface area contributed by atoms with Crippen LogP contribution in [0.15, 0.2) is 42.5 Å². The lowest BCUT2D eigenvalue weighted by atomic mass is 10.1. The van der Waals surface area contributed by atoms with Crippen molar-refractivity contribution in [1.29, 1.82) is 0 Å². The van der Waals surface area contributed by atoms with Crippen LogP contribution >= 0.6 is 0 Å². The summed E-state index contributed by atoms with van der Waals surface area (Å²) in [5.74, 6) is -1.21. The molecule has 0 spiro atoms. The lowest BCUT2D eigenvalue weighted by Crippen LogP contribution is -2.14. The Balaban J connectivity index is 2.04. The topological polar surface area (TPSA) is 86.6 Å². The number of amides is 1. The van der Waals surface area contributed by atoms with Crippen LogP contribution in [0, 0.1) is 6.92 Å². The van der Waals surface area contributed by atoms with Crippen molar-refractivity contribution in [3.8, 4) is 5.75 Å². The summed E-state index contributed by atoms with van der Waals surface area (Å²) >= 11 is 0. The first-order chi connectivity index (χ1) is 9.95. The van der Waals surface area contributed by atoms with Gasteiger partial charge in [0.05, 0.1) is 12.0 Å². The van der Waals surface area contributed by atoms with Crippen LogP contribution in [0.2, 0.25) is 0 Å². The highest BCUT2D eigenvalue weighted by molar-refractivity contribution is 5.93. The Morgan fingerprint density at radius 1 is 1.10 bits per heavy atom. The fraction of sp³-hybridized carbons (Fsp3) is 0.125. The summed E-state index contributed by atoms with van der Waals surface area (Å²) in [6.45, 7) is 1.88. The number of aromatic carboxylic acids is 1. The van der Waals surface area contributed by atoms with E-state index in [1.54, 1.807) is 18.2 Å². The summed E-state index contributed by atoms with van der Waals surface area (Å²) in [7, 11) is 0. The molecule has 0 unspecified atom stereocenters. The molecule has 0 atom stereocenters. The van der Waals surface area contributed by atoms with Crippen molar-refractivity contribution < 1.29 is 19.8 Å². The average molecular weight is 285 g/mol. The molecule has 5 nitrogen and oxygen atoms in total. The number of carbonyl (C=O) groups is 2. The van der Waals surface area contributed by atoms with Gasteiger partial charge in [-0.05, 0) is 37.3 Å². The van der Waals surface area contributed by atoms with Gasteiger partial charge in [-0.1, -0.05) is 17.7 Å². The Bertz CT molecular complexity index is 677. The van der Waals surface area contributed by atoms with Gasteiger partial charge in [0.15, 0.2) is 0 Å². The standard InChI is InChI=1S/C16H15NO4/c1-10-2-7-14(18)12(8-10)9-15(19)17-13-5-3-11(4-6-13)16(20)21/h2-8,18H,9H2,1H3,(H,17,19)(H,20,21). The van der Waals surface area contributed by atoms with Crippen LogP contribution in [-0.4, -0.2) is 22.1 Å². The molecular formula is C16H15NO4. The van der Waals surface area contributed by atoms with Crippen molar-refractivity contribution in [2.75, 3.05) is 5.32 Å². The second-order valence-electron chi connectivity index (χ2n) is 4.74. The van der Waals surface area contributed by atoms with Gasteiger partial charge in [-0.3, -0.25) is 4.79 Å². The molecular weight excluding hydrogens is 270 g/mol. The molecule has 21 heavy (non-hydrogen) atoms. The van der Waals surface area contributed by atoms with Crippen LogP contribution in [0.5, 0.6) is 5.75 Å². The van der Waals surface area contributed by atoms with Crippen molar-refractivity contribution in [3.05, 3.63) is 59.2 Å². The van der Waals surface area contributed by atoms with Gasteiger partial charge in [0.2, 0.25) is 5.91 Å². The van der Waals surface area contributed by atoms with Crippen molar-refractivity contribution >= 4 is 17.6 Å². The molecule has 0 aliphatic rings. The van der Waals surface area contributed by atoms with Crippen LogP contribution < -0.4 is 5.32 Å². The number of hydrogen-bond donors (Lipinski definition) is 3. The molecule has 0 aromatic heterocycles. The number of carboxylic acids is 1. The highest BCUT2D eigenvalue weighted by Crippen LogP contribution is 2.19. The number of hydrogen-bond acceptors (Lipinski definition) is 3. The number of carbonyl (C=O) groups excluding carboxylic acids is 1. The third-order valence-electron chi connectivity index (χ3n) is 3.00. The second kappa shape index (κ2) is 6.09. The number of phenols is 1. The van der Waals surface area contributed by atoms with Gasteiger partial charge in [-0.2, -0.15) is 0 Å². The van der Waals surface area contributed by atoms with Gasteiger partial charge in [0, 0.05) is 11.3 Å². The lowest BCUT2D eigenvalue weighted by molar-refractivity contribution is -0.115. The highest BCUT2D eigenvalue weighted by Gasteiger charge is 2.09. The lowest BCUT2D eigenvalue weighted by Gasteiger charge is -2.08. The first kappa shape index (κ1) is 14.6. The first-order valence-electron chi connectivity index (χ1n) is 6.37. The molecule has 0 radical (unpaired) electrons. The van der Waals surface area contributed by atoms with E-state index in [0.717, 1.165) is 5.56 Å². The number of phenolic OH excluding ortho intramolecular Hbond substituents is 1. The number of benzene rings is 2. The zero-order valence-electron chi connectivity index (χ0n) is 11.5. The molecule has 0 saturated heterocycles. The molecule has 0 aliphatic heterocycles. The summed E-state index contributed by atoms with van der Waals surface area (Å²) < 4.78 is 0. The molecule has 0 heterocycles. The Morgan fingerprint density at radius 3 is 2.38 bits per heavy atom. The average Bonchev–Trinajstić information content (AvgIpc) is 2.43. The van der Waals surface area contributed by atoms with Crippen LogP contribution in [0.3, 0.4) is 0 Å². The van der Waals surface area contributed by atoms with E-state index >= 15 is 0 Å². The first-order valence-corrected chi connectivity index (χ1v) is 6.37. The van der Waals surface area contributed by atoms with Gasteiger partial charge >= 0.3 is 5.97 Å². The number of rotatable bonds is 4. The predicted octanol–water partition coefficient (Wildman–Crippen LogP) is 2.58. The Kier molecular flexibility index (Phi) is 4.23. The largest absolute Gasteiger partial charge is 0.508 e. The molecule has 0 saturated carbocycles. The Morgan fingerprint density at radius 2 is 1.76 bits per heavy atom. The Hall–Kier alpha value is -2.82.